The Morgan fingerprint density at radius 1 is 1.22 bits per heavy atom. The van der Waals surface area contributed by atoms with Crippen LogP contribution < -0.4 is 10.5 Å². The molecule has 1 unspecified atom stereocenters. The molecule has 0 aliphatic carbocycles. The molecule has 3 heteroatoms. The highest BCUT2D eigenvalue weighted by Gasteiger charge is 2.17. The standard InChI is InChI=1S/C15H19NO2/c1-4-17-13-7-5-10(2)9-12(13)15(16)14-8-6-11(3)18-14/h5-9,15H,4,16H2,1-3H3. The molecule has 0 amide bonds. The number of nitrogens with two attached hydrogens (primary N) is 1. The minimum absolute atomic E-state index is 0.292. The van der Waals surface area contributed by atoms with Crippen molar-refractivity contribution in [2.75, 3.05) is 6.61 Å². The normalized spacial score (nSPS) is 12.4. The maximum atomic E-state index is 6.26. The number of hydrogen-bond acceptors (Lipinski definition) is 3. The second kappa shape index (κ2) is 5.27. The summed E-state index contributed by atoms with van der Waals surface area (Å²) in [5.41, 5.74) is 8.38. The van der Waals surface area contributed by atoms with E-state index in [2.05, 4.69) is 0 Å². The summed E-state index contributed by atoms with van der Waals surface area (Å²) in [6, 6.07) is 9.58. The Balaban J connectivity index is 2.39. The van der Waals surface area contributed by atoms with Crippen LogP contribution in [0.2, 0.25) is 0 Å². The van der Waals surface area contributed by atoms with Crippen molar-refractivity contribution >= 4 is 0 Å². The summed E-state index contributed by atoms with van der Waals surface area (Å²) in [6.07, 6.45) is 0. The maximum Gasteiger partial charge on any atom is 0.125 e. The van der Waals surface area contributed by atoms with Crippen LogP contribution in [-0.2, 0) is 0 Å². The van der Waals surface area contributed by atoms with Crippen molar-refractivity contribution < 1.29 is 9.15 Å². The molecule has 0 saturated carbocycles. The van der Waals surface area contributed by atoms with Gasteiger partial charge in [0, 0.05) is 5.56 Å². The van der Waals surface area contributed by atoms with Gasteiger partial charge in [-0.05, 0) is 39.0 Å². The van der Waals surface area contributed by atoms with Crippen LogP contribution in [0.1, 0.15) is 35.6 Å². The molecule has 0 aliphatic heterocycles. The fourth-order valence-electron chi connectivity index (χ4n) is 1.97. The maximum absolute atomic E-state index is 6.26. The lowest BCUT2D eigenvalue weighted by atomic mass is 10.0. The third-order valence-electron chi connectivity index (χ3n) is 2.87. The van der Waals surface area contributed by atoms with Gasteiger partial charge in [-0.25, -0.2) is 0 Å². The van der Waals surface area contributed by atoms with Gasteiger partial charge in [-0.15, -0.1) is 0 Å². The smallest absolute Gasteiger partial charge is 0.125 e. The molecule has 1 atom stereocenters. The van der Waals surface area contributed by atoms with Crippen molar-refractivity contribution in [3.05, 3.63) is 53.0 Å². The van der Waals surface area contributed by atoms with Gasteiger partial charge >= 0.3 is 0 Å². The van der Waals surface area contributed by atoms with E-state index in [1.54, 1.807) is 0 Å². The van der Waals surface area contributed by atoms with Crippen molar-refractivity contribution in [2.24, 2.45) is 5.73 Å². The van der Waals surface area contributed by atoms with E-state index in [1.807, 2.05) is 51.1 Å². The second-order valence-corrected chi connectivity index (χ2v) is 4.40. The number of furan rings is 1. The topological polar surface area (TPSA) is 48.4 Å². The molecule has 1 aromatic heterocycles. The highest BCUT2D eigenvalue weighted by Crippen LogP contribution is 2.30. The van der Waals surface area contributed by atoms with Crippen molar-refractivity contribution in [3.8, 4) is 5.75 Å². The summed E-state index contributed by atoms with van der Waals surface area (Å²) < 4.78 is 11.2. The summed E-state index contributed by atoms with van der Waals surface area (Å²) in [5, 5.41) is 0. The first-order chi connectivity index (χ1) is 8.61. The molecule has 1 aromatic carbocycles. The van der Waals surface area contributed by atoms with E-state index in [0.717, 1.165) is 28.4 Å². The van der Waals surface area contributed by atoms with Gasteiger partial charge in [0.1, 0.15) is 17.3 Å². The van der Waals surface area contributed by atoms with Crippen molar-refractivity contribution in [3.63, 3.8) is 0 Å². The van der Waals surface area contributed by atoms with E-state index in [0.29, 0.717) is 6.61 Å². The Labute approximate surface area is 108 Å². The first-order valence-electron chi connectivity index (χ1n) is 6.17. The van der Waals surface area contributed by atoms with Crippen molar-refractivity contribution in [2.45, 2.75) is 26.8 Å². The summed E-state index contributed by atoms with van der Waals surface area (Å²) in [7, 11) is 0. The zero-order valence-corrected chi connectivity index (χ0v) is 11.1. The quantitative estimate of drug-likeness (QED) is 0.898. The molecular weight excluding hydrogens is 226 g/mol. The second-order valence-electron chi connectivity index (χ2n) is 4.40. The Morgan fingerprint density at radius 2 is 2.00 bits per heavy atom. The molecule has 0 spiro atoms. The number of aryl methyl sites for hydroxylation is 2. The molecule has 0 aliphatic rings. The van der Waals surface area contributed by atoms with E-state index in [9.17, 15) is 0 Å². The van der Waals surface area contributed by atoms with E-state index < -0.39 is 0 Å². The average Bonchev–Trinajstić information content (AvgIpc) is 2.77. The lowest BCUT2D eigenvalue weighted by Gasteiger charge is -2.15. The van der Waals surface area contributed by atoms with Crippen molar-refractivity contribution in [1.82, 2.24) is 0 Å². The summed E-state index contributed by atoms with van der Waals surface area (Å²) in [5.74, 6) is 2.45. The third kappa shape index (κ3) is 2.57. The predicted octanol–water partition coefficient (Wildman–Crippen LogP) is 3.34. The molecule has 0 bridgehead atoms. The van der Waals surface area contributed by atoms with Gasteiger partial charge in [-0.2, -0.15) is 0 Å². The molecule has 96 valence electrons. The Hall–Kier alpha value is -1.74. The average molecular weight is 245 g/mol. The molecule has 3 nitrogen and oxygen atoms in total. The minimum atomic E-state index is -0.292. The van der Waals surface area contributed by atoms with Crippen molar-refractivity contribution in [1.29, 1.82) is 0 Å². The van der Waals surface area contributed by atoms with Gasteiger partial charge in [0.05, 0.1) is 12.6 Å². The molecule has 2 rings (SSSR count). The molecule has 0 fully saturated rings. The summed E-state index contributed by atoms with van der Waals surface area (Å²) in [4.78, 5) is 0. The molecule has 1 heterocycles. The Morgan fingerprint density at radius 3 is 2.61 bits per heavy atom. The molecule has 18 heavy (non-hydrogen) atoms. The number of benzene rings is 1. The van der Waals surface area contributed by atoms with E-state index in [-0.39, 0.29) is 6.04 Å². The molecule has 0 saturated heterocycles. The summed E-state index contributed by atoms with van der Waals surface area (Å²) >= 11 is 0. The molecule has 0 radical (unpaired) electrons. The third-order valence-corrected chi connectivity index (χ3v) is 2.87. The van der Waals surface area contributed by atoms with Crippen LogP contribution in [0, 0.1) is 13.8 Å². The highest BCUT2D eigenvalue weighted by molar-refractivity contribution is 5.42. The SMILES string of the molecule is CCOc1ccc(C)cc1C(N)c1ccc(C)o1. The van der Waals surface area contributed by atoms with E-state index in [1.165, 1.54) is 0 Å². The molecular formula is C15H19NO2. The van der Waals surface area contributed by atoms with Gasteiger partial charge < -0.3 is 14.9 Å². The van der Waals surface area contributed by atoms with Gasteiger partial charge in [0.2, 0.25) is 0 Å². The van der Waals surface area contributed by atoms with Crippen LogP contribution in [0.15, 0.2) is 34.7 Å². The first kappa shape index (κ1) is 12.7. The van der Waals surface area contributed by atoms with Crippen LogP contribution in [0.5, 0.6) is 5.75 Å². The van der Waals surface area contributed by atoms with Crippen LogP contribution in [-0.4, -0.2) is 6.61 Å². The Kier molecular flexibility index (Phi) is 3.72. The largest absolute Gasteiger partial charge is 0.494 e. The van der Waals surface area contributed by atoms with E-state index >= 15 is 0 Å². The van der Waals surface area contributed by atoms with E-state index in [4.69, 9.17) is 14.9 Å². The predicted molar refractivity (Wildman–Crippen MR) is 71.8 cm³/mol. The number of rotatable bonds is 4. The van der Waals surface area contributed by atoms with Crippen LogP contribution in [0.25, 0.3) is 0 Å². The minimum Gasteiger partial charge on any atom is -0.494 e. The van der Waals surface area contributed by atoms with Crippen LogP contribution >= 0.6 is 0 Å². The summed E-state index contributed by atoms with van der Waals surface area (Å²) in [6.45, 7) is 6.54. The fraction of sp³-hybridized carbons (Fsp3) is 0.333. The van der Waals surface area contributed by atoms with Gasteiger partial charge in [0.15, 0.2) is 0 Å². The highest BCUT2D eigenvalue weighted by atomic mass is 16.5. The number of hydrogen-bond donors (Lipinski definition) is 1. The zero-order valence-electron chi connectivity index (χ0n) is 11.1. The lowest BCUT2D eigenvalue weighted by Crippen LogP contribution is -2.13. The number of ether oxygens (including phenoxy) is 1. The zero-order chi connectivity index (χ0) is 13.1. The monoisotopic (exact) mass is 245 g/mol. The molecule has 2 aromatic rings. The lowest BCUT2D eigenvalue weighted by molar-refractivity contribution is 0.333. The van der Waals surface area contributed by atoms with Crippen LogP contribution in [0.3, 0.4) is 0 Å². The molecule has 2 N–H and O–H groups in total. The Bertz CT molecular complexity index is 531. The fourth-order valence-corrected chi connectivity index (χ4v) is 1.97. The van der Waals surface area contributed by atoms with Gasteiger partial charge in [-0.3, -0.25) is 0 Å². The van der Waals surface area contributed by atoms with Gasteiger partial charge in [0.25, 0.3) is 0 Å². The van der Waals surface area contributed by atoms with Gasteiger partial charge in [-0.1, -0.05) is 17.7 Å². The van der Waals surface area contributed by atoms with Crippen LogP contribution in [0.4, 0.5) is 0 Å². The first-order valence-corrected chi connectivity index (χ1v) is 6.17.